The van der Waals surface area contributed by atoms with E-state index >= 15 is 0 Å². The number of benzene rings is 1. The average Bonchev–Trinajstić information content (AvgIpc) is 2.96. The van der Waals surface area contributed by atoms with Crippen molar-refractivity contribution < 1.29 is 19.0 Å². The molecule has 6 nitrogen and oxygen atoms in total. The van der Waals surface area contributed by atoms with Gasteiger partial charge in [-0.3, -0.25) is 4.79 Å². The Balaban J connectivity index is 2.04. The standard InChI is InChI=1S/C14H20N2O4/c1-18-9-3-5-11(13(7-9)19-2)16-14(17)12-6-4-10(8-15)20-12/h3,5,7,10,12H,4,6,8,15H2,1-2H3,(H,16,17). The van der Waals surface area contributed by atoms with Gasteiger partial charge in [-0.15, -0.1) is 0 Å². The molecule has 2 rings (SSSR count). The first kappa shape index (κ1) is 14.6. The molecule has 1 heterocycles. The molecule has 0 radical (unpaired) electrons. The molecule has 1 fully saturated rings. The van der Waals surface area contributed by atoms with E-state index in [1.807, 2.05) is 0 Å². The van der Waals surface area contributed by atoms with Gasteiger partial charge in [-0.2, -0.15) is 0 Å². The molecule has 20 heavy (non-hydrogen) atoms. The van der Waals surface area contributed by atoms with Gasteiger partial charge in [-0.1, -0.05) is 0 Å². The summed E-state index contributed by atoms with van der Waals surface area (Å²) in [7, 11) is 3.12. The van der Waals surface area contributed by atoms with Crippen molar-refractivity contribution in [3.63, 3.8) is 0 Å². The Hall–Kier alpha value is -1.79. The van der Waals surface area contributed by atoms with Gasteiger partial charge in [0, 0.05) is 12.6 Å². The van der Waals surface area contributed by atoms with Crippen LogP contribution in [0.4, 0.5) is 5.69 Å². The fourth-order valence-corrected chi connectivity index (χ4v) is 2.19. The Morgan fingerprint density at radius 1 is 1.40 bits per heavy atom. The molecule has 1 aliphatic rings. The van der Waals surface area contributed by atoms with E-state index in [1.54, 1.807) is 32.4 Å². The number of ether oxygens (including phenoxy) is 3. The number of rotatable bonds is 5. The first-order valence-corrected chi connectivity index (χ1v) is 6.56. The van der Waals surface area contributed by atoms with Crippen molar-refractivity contribution >= 4 is 11.6 Å². The summed E-state index contributed by atoms with van der Waals surface area (Å²) in [6.07, 6.45) is 1.03. The number of carbonyl (C=O) groups is 1. The lowest BCUT2D eigenvalue weighted by Crippen LogP contribution is -2.29. The molecule has 1 saturated heterocycles. The Labute approximate surface area is 118 Å². The second-order valence-electron chi connectivity index (χ2n) is 4.62. The third-order valence-corrected chi connectivity index (χ3v) is 3.33. The summed E-state index contributed by atoms with van der Waals surface area (Å²) >= 11 is 0. The van der Waals surface area contributed by atoms with Crippen LogP contribution < -0.4 is 20.5 Å². The van der Waals surface area contributed by atoms with Crippen molar-refractivity contribution in [1.29, 1.82) is 0 Å². The molecule has 0 aromatic heterocycles. The normalized spacial score (nSPS) is 21.6. The van der Waals surface area contributed by atoms with Crippen LogP contribution in [0.3, 0.4) is 0 Å². The number of nitrogens with one attached hydrogen (secondary N) is 1. The van der Waals surface area contributed by atoms with Gasteiger partial charge < -0.3 is 25.3 Å². The monoisotopic (exact) mass is 280 g/mol. The molecule has 0 bridgehead atoms. The number of anilines is 1. The molecule has 1 aromatic carbocycles. The fourth-order valence-electron chi connectivity index (χ4n) is 2.19. The Bertz CT molecular complexity index is 478. The fraction of sp³-hybridized carbons (Fsp3) is 0.500. The molecular weight excluding hydrogens is 260 g/mol. The zero-order chi connectivity index (χ0) is 14.5. The Morgan fingerprint density at radius 3 is 2.80 bits per heavy atom. The van der Waals surface area contributed by atoms with Crippen LogP contribution >= 0.6 is 0 Å². The lowest BCUT2D eigenvalue weighted by molar-refractivity contribution is -0.126. The lowest BCUT2D eigenvalue weighted by atomic mass is 10.2. The van der Waals surface area contributed by atoms with Gasteiger partial charge in [-0.25, -0.2) is 0 Å². The van der Waals surface area contributed by atoms with Crippen LogP contribution in [0.25, 0.3) is 0 Å². The van der Waals surface area contributed by atoms with Crippen LogP contribution in [0.2, 0.25) is 0 Å². The van der Waals surface area contributed by atoms with Gasteiger partial charge >= 0.3 is 0 Å². The van der Waals surface area contributed by atoms with E-state index in [0.29, 0.717) is 30.2 Å². The minimum Gasteiger partial charge on any atom is -0.497 e. The van der Waals surface area contributed by atoms with Crippen molar-refractivity contribution in [1.82, 2.24) is 0 Å². The summed E-state index contributed by atoms with van der Waals surface area (Å²) < 4.78 is 15.9. The van der Waals surface area contributed by atoms with Gasteiger partial charge in [0.1, 0.15) is 17.6 Å². The van der Waals surface area contributed by atoms with Crippen LogP contribution in [-0.2, 0) is 9.53 Å². The summed E-state index contributed by atoms with van der Waals surface area (Å²) in [4.78, 5) is 12.1. The number of methoxy groups -OCH3 is 2. The molecule has 1 amide bonds. The topological polar surface area (TPSA) is 82.8 Å². The minimum absolute atomic E-state index is 0.0245. The van der Waals surface area contributed by atoms with Crippen LogP contribution in [0, 0.1) is 0 Å². The van der Waals surface area contributed by atoms with E-state index in [4.69, 9.17) is 19.9 Å². The zero-order valence-corrected chi connectivity index (χ0v) is 11.7. The zero-order valence-electron chi connectivity index (χ0n) is 11.7. The average molecular weight is 280 g/mol. The number of carbonyl (C=O) groups excluding carboxylic acids is 1. The smallest absolute Gasteiger partial charge is 0.253 e. The molecule has 0 aliphatic carbocycles. The predicted molar refractivity (Wildman–Crippen MR) is 75.1 cm³/mol. The maximum absolute atomic E-state index is 12.1. The summed E-state index contributed by atoms with van der Waals surface area (Å²) in [5, 5.41) is 2.81. The van der Waals surface area contributed by atoms with Crippen LogP contribution in [0.1, 0.15) is 12.8 Å². The molecule has 1 aliphatic heterocycles. The second-order valence-corrected chi connectivity index (χ2v) is 4.62. The van der Waals surface area contributed by atoms with Crippen molar-refractivity contribution in [3.05, 3.63) is 18.2 Å². The third kappa shape index (κ3) is 3.20. The minimum atomic E-state index is -0.449. The predicted octanol–water partition coefficient (Wildman–Crippen LogP) is 1.15. The molecule has 0 spiro atoms. The Kier molecular flexibility index (Phi) is 4.81. The maximum atomic E-state index is 12.1. The highest BCUT2D eigenvalue weighted by molar-refractivity contribution is 5.95. The highest BCUT2D eigenvalue weighted by atomic mass is 16.5. The molecule has 110 valence electrons. The van der Waals surface area contributed by atoms with Gasteiger partial charge in [0.15, 0.2) is 0 Å². The molecule has 1 aromatic rings. The first-order chi connectivity index (χ1) is 9.67. The number of hydrogen-bond acceptors (Lipinski definition) is 5. The van der Waals surface area contributed by atoms with Crippen LogP contribution in [0.5, 0.6) is 11.5 Å². The highest BCUT2D eigenvalue weighted by Gasteiger charge is 2.30. The van der Waals surface area contributed by atoms with Gasteiger partial charge in [0.25, 0.3) is 5.91 Å². The highest BCUT2D eigenvalue weighted by Crippen LogP contribution is 2.30. The molecule has 6 heteroatoms. The number of amides is 1. The SMILES string of the molecule is COc1ccc(NC(=O)C2CCC(CN)O2)c(OC)c1. The van der Waals surface area contributed by atoms with E-state index in [9.17, 15) is 4.79 Å². The van der Waals surface area contributed by atoms with E-state index in [2.05, 4.69) is 5.32 Å². The van der Waals surface area contributed by atoms with Crippen molar-refractivity contribution in [2.24, 2.45) is 5.73 Å². The Morgan fingerprint density at radius 2 is 2.20 bits per heavy atom. The third-order valence-electron chi connectivity index (χ3n) is 3.33. The molecular formula is C14H20N2O4. The molecule has 2 atom stereocenters. The number of nitrogens with two attached hydrogens (primary N) is 1. The summed E-state index contributed by atoms with van der Waals surface area (Å²) in [6.45, 7) is 0.440. The molecule has 3 N–H and O–H groups in total. The van der Waals surface area contributed by atoms with Crippen LogP contribution in [-0.4, -0.2) is 38.9 Å². The summed E-state index contributed by atoms with van der Waals surface area (Å²) in [5.74, 6) is 1.04. The van der Waals surface area contributed by atoms with Gasteiger partial charge in [0.05, 0.1) is 26.0 Å². The second kappa shape index (κ2) is 6.58. The van der Waals surface area contributed by atoms with Gasteiger partial charge in [-0.05, 0) is 25.0 Å². The largest absolute Gasteiger partial charge is 0.497 e. The molecule has 2 unspecified atom stereocenters. The maximum Gasteiger partial charge on any atom is 0.253 e. The first-order valence-electron chi connectivity index (χ1n) is 6.56. The van der Waals surface area contributed by atoms with Crippen LogP contribution in [0.15, 0.2) is 18.2 Å². The van der Waals surface area contributed by atoms with E-state index < -0.39 is 6.10 Å². The van der Waals surface area contributed by atoms with E-state index in [1.165, 1.54) is 0 Å². The van der Waals surface area contributed by atoms with E-state index in [-0.39, 0.29) is 12.0 Å². The van der Waals surface area contributed by atoms with Crippen molar-refractivity contribution in [3.8, 4) is 11.5 Å². The van der Waals surface area contributed by atoms with Gasteiger partial charge in [0.2, 0.25) is 0 Å². The lowest BCUT2D eigenvalue weighted by Gasteiger charge is -2.15. The number of hydrogen-bond donors (Lipinski definition) is 2. The quantitative estimate of drug-likeness (QED) is 0.845. The molecule has 0 saturated carbocycles. The van der Waals surface area contributed by atoms with E-state index in [0.717, 1.165) is 6.42 Å². The van der Waals surface area contributed by atoms with Crippen molar-refractivity contribution in [2.75, 3.05) is 26.1 Å². The summed E-state index contributed by atoms with van der Waals surface area (Å²) in [6, 6.07) is 5.22. The summed E-state index contributed by atoms with van der Waals surface area (Å²) in [5.41, 5.74) is 6.13. The van der Waals surface area contributed by atoms with Crippen molar-refractivity contribution in [2.45, 2.75) is 25.0 Å².